The van der Waals surface area contributed by atoms with E-state index in [-0.39, 0.29) is 44.0 Å². The molecule has 20 nitrogen and oxygen atoms in total. The van der Waals surface area contributed by atoms with Crippen LogP contribution in [0, 0.1) is 29.6 Å². The number of carbonyl (C=O) groups excluding carboxylic acids is 5. The molecule has 73 heavy (non-hydrogen) atoms. The number of aldehydes is 1. The maximum atomic E-state index is 14.2. The van der Waals surface area contributed by atoms with E-state index in [1.54, 1.807) is 73.5 Å². The summed E-state index contributed by atoms with van der Waals surface area (Å²) in [5.41, 5.74) is -0.865. The highest BCUT2D eigenvalue weighted by Gasteiger charge is 2.53. The van der Waals surface area contributed by atoms with Crippen molar-refractivity contribution < 1.29 is 91.4 Å². The lowest BCUT2D eigenvalue weighted by Gasteiger charge is -2.50. The third-order valence-electron chi connectivity index (χ3n) is 14.5. The van der Waals surface area contributed by atoms with E-state index in [1.807, 2.05) is 26.8 Å². The van der Waals surface area contributed by atoms with Crippen LogP contribution in [0.3, 0.4) is 0 Å². The molecule has 0 unspecified atom stereocenters. The predicted octanol–water partition coefficient (Wildman–Crippen LogP) is 4.00. The number of rotatable bonds is 17. The number of ether oxygens (including phenoxy) is 11. The van der Waals surface area contributed by atoms with Crippen LogP contribution < -0.4 is 0 Å². The summed E-state index contributed by atoms with van der Waals surface area (Å²) in [5.74, 6) is -4.87. The zero-order valence-electron chi connectivity index (χ0n) is 45.7. The maximum Gasteiger partial charge on any atom is 0.309 e. The fourth-order valence-corrected chi connectivity index (χ4v) is 10.6. The molecular weight excluding hydrogens is 955 g/mol. The van der Waals surface area contributed by atoms with Gasteiger partial charge in [0.05, 0.1) is 43.5 Å². The van der Waals surface area contributed by atoms with Crippen LogP contribution in [0.5, 0.6) is 0 Å². The lowest BCUT2D eigenvalue weighted by molar-refractivity contribution is -0.342. The van der Waals surface area contributed by atoms with Crippen molar-refractivity contribution >= 4 is 30.0 Å². The van der Waals surface area contributed by atoms with Gasteiger partial charge in [-0.3, -0.25) is 19.2 Å². The highest BCUT2D eigenvalue weighted by atomic mass is 16.7. The second-order valence-electron chi connectivity index (χ2n) is 21.4. The Labute approximate surface area is 432 Å². The molecule has 0 aromatic rings. The van der Waals surface area contributed by atoms with Gasteiger partial charge in [-0.25, -0.2) is 0 Å². The third-order valence-corrected chi connectivity index (χ3v) is 14.5. The number of esters is 3. The molecule has 0 amide bonds. The van der Waals surface area contributed by atoms with Crippen molar-refractivity contribution in [2.45, 2.75) is 218 Å². The number of hydrogen-bond acceptors (Lipinski definition) is 20. The summed E-state index contributed by atoms with van der Waals surface area (Å²) in [5, 5.41) is 34.6. The van der Waals surface area contributed by atoms with E-state index in [2.05, 4.69) is 0 Å². The summed E-state index contributed by atoms with van der Waals surface area (Å²) in [7, 11) is 6.41. The summed E-state index contributed by atoms with van der Waals surface area (Å²) < 4.78 is 67.2. The SMILES string of the molecule is CC[C@H]1OC(=O)C[C@@H](OC(C)=O)[C@H](C)[C@H](O[C@H]2O[C@H](C)[C@@H](O[C@H]3C[C@@](C)(O)[C@@H](OC(=O)CC(C)C)[C@H](C)O3)[C@@H](N(C)C)[C@H]2O)[C@@H](CC=O)C[C@@H](C)C(=O)C=CC(C)=C[C@@H]1CO[C@@H]1O[C@H](C)[C@@H](O)[C@@H](OC)[C@H]1OC. The van der Waals surface area contributed by atoms with E-state index in [4.69, 9.17) is 52.1 Å². The first-order chi connectivity index (χ1) is 34.3. The molecule has 3 N–H and O–H groups in total. The molecule has 3 saturated heterocycles. The second-order valence-corrected chi connectivity index (χ2v) is 21.4. The van der Waals surface area contributed by atoms with E-state index in [1.165, 1.54) is 27.2 Å². The van der Waals surface area contributed by atoms with Crippen LogP contribution in [-0.4, -0.2) is 189 Å². The normalized spacial score (nSPS) is 40.5. The third kappa shape index (κ3) is 16.9. The van der Waals surface area contributed by atoms with E-state index >= 15 is 0 Å². The van der Waals surface area contributed by atoms with Crippen molar-refractivity contribution in [3.8, 4) is 0 Å². The van der Waals surface area contributed by atoms with Gasteiger partial charge in [0.2, 0.25) is 0 Å². The average molecular weight is 1040 g/mol. The zero-order chi connectivity index (χ0) is 54.6. The minimum Gasteiger partial charge on any atom is -0.462 e. The quantitative estimate of drug-likeness (QED) is 0.106. The standard InChI is InChI=1S/C53H87NO19/c1-16-38-36(26-65-52-49(64-15)48(63-14)44(60)31(7)67-52)22-28(4)17-18-37(57)29(5)23-35(19-20-55)46(30(6)39(69-34(10)56)24-41(59)70-38)73-51-45(61)43(54(12)13)47(32(8)68-51)72-42-25-53(11,62)50(33(9)66-42)71-40(58)21-27(2)3/h17-18,20,22,27,29-33,35-36,38-39,42-52,60-62H,16,19,21,23-26H2,1-15H3/t29-,30+,31-,32-,33+,35+,36-,38-,39-,42+,43+,44-,45-,46+,47-,48-,49-,50+,51-,52-,53-/m1/s1. The lowest BCUT2D eigenvalue weighted by atomic mass is 9.79. The van der Waals surface area contributed by atoms with Crippen LogP contribution in [0.25, 0.3) is 0 Å². The number of ketones is 1. The molecular formula is C53H87NO19. The van der Waals surface area contributed by atoms with Gasteiger partial charge < -0.3 is 77.1 Å². The first-order valence-corrected chi connectivity index (χ1v) is 25.9. The number of aliphatic hydroxyl groups is 3. The van der Waals surface area contributed by atoms with Crippen LogP contribution >= 0.6 is 0 Å². The van der Waals surface area contributed by atoms with Crippen LogP contribution in [-0.2, 0) is 76.1 Å². The largest absolute Gasteiger partial charge is 0.462 e. The molecule has 4 aliphatic heterocycles. The smallest absolute Gasteiger partial charge is 0.309 e. The number of nitrogens with zero attached hydrogens (tertiary/aromatic N) is 1. The molecule has 4 heterocycles. The van der Waals surface area contributed by atoms with Crippen LogP contribution in [0.15, 0.2) is 23.8 Å². The Morgan fingerprint density at radius 2 is 1.55 bits per heavy atom. The summed E-state index contributed by atoms with van der Waals surface area (Å²) >= 11 is 0. The summed E-state index contributed by atoms with van der Waals surface area (Å²) in [6.45, 7) is 18.7. The summed E-state index contributed by atoms with van der Waals surface area (Å²) in [6, 6.07) is -0.809. The van der Waals surface area contributed by atoms with Crippen LogP contribution in [0.4, 0.5) is 0 Å². The van der Waals surface area contributed by atoms with Gasteiger partial charge in [0.15, 0.2) is 30.8 Å². The van der Waals surface area contributed by atoms with Crippen LogP contribution in [0.2, 0.25) is 0 Å². The van der Waals surface area contributed by atoms with Crippen LogP contribution in [0.1, 0.15) is 115 Å². The fourth-order valence-electron chi connectivity index (χ4n) is 10.6. The lowest BCUT2D eigenvalue weighted by Crippen LogP contribution is -2.65. The molecule has 0 aromatic heterocycles. The van der Waals surface area contributed by atoms with Gasteiger partial charge in [0.1, 0.15) is 54.6 Å². The fraction of sp³-hybridized carbons (Fsp3) is 0.830. The monoisotopic (exact) mass is 1040 g/mol. The van der Waals surface area contributed by atoms with Gasteiger partial charge in [0, 0.05) is 58.2 Å². The zero-order valence-corrected chi connectivity index (χ0v) is 45.7. The molecule has 0 aromatic carbocycles. The van der Waals surface area contributed by atoms with E-state index in [9.17, 15) is 39.3 Å². The number of aliphatic hydroxyl groups excluding tert-OH is 2. The van der Waals surface area contributed by atoms with Crippen molar-refractivity contribution in [1.29, 1.82) is 0 Å². The Hall–Kier alpha value is -3.25. The molecule has 0 bridgehead atoms. The molecule has 3 fully saturated rings. The Balaban J connectivity index is 1.66. The summed E-state index contributed by atoms with van der Waals surface area (Å²) in [4.78, 5) is 67.9. The number of hydrogen-bond donors (Lipinski definition) is 3. The van der Waals surface area contributed by atoms with Crippen molar-refractivity contribution in [3.63, 3.8) is 0 Å². The molecule has 4 rings (SSSR count). The molecule has 20 heteroatoms. The average Bonchev–Trinajstić information content (AvgIpc) is 3.29. The van der Waals surface area contributed by atoms with Crippen molar-refractivity contribution in [2.75, 3.05) is 34.9 Å². The molecule has 4 aliphatic rings. The minimum absolute atomic E-state index is 0.0378. The topological polar surface area (TPSA) is 251 Å². The number of carbonyl (C=O) groups is 5. The number of allylic oxidation sites excluding steroid dienone is 3. The van der Waals surface area contributed by atoms with Crippen molar-refractivity contribution in [1.82, 2.24) is 4.90 Å². The molecule has 0 saturated carbocycles. The van der Waals surface area contributed by atoms with E-state index in [0.717, 1.165) is 0 Å². The first kappa shape index (κ1) is 62.3. The molecule has 0 spiro atoms. The number of methoxy groups -OCH3 is 2. The van der Waals surface area contributed by atoms with Gasteiger partial charge in [-0.15, -0.1) is 0 Å². The Kier molecular flexibility index (Phi) is 24.1. The van der Waals surface area contributed by atoms with E-state index < -0.39 is 152 Å². The Bertz CT molecular complexity index is 1860. The highest BCUT2D eigenvalue weighted by Crippen LogP contribution is 2.39. The molecule has 0 radical (unpaired) electrons. The van der Waals surface area contributed by atoms with E-state index in [0.29, 0.717) is 18.3 Å². The minimum atomic E-state index is -1.53. The predicted molar refractivity (Wildman–Crippen MR) is 263 cm³/mol. The summed E-state index contributed by atoms with van der Waals surface area (Å²) in [6.07, 6.45) is -8.67. The molecule has 0 aliphatic carbocycles. The number of likely N-dealkylation sites (N-methyl/N-ethyl adjacent to an activating group) is 1. The highest BCUT2D eigenvalue weighted by molar-refractivity contribution is 5.91. The van der Waals surface area contributed by atoms with Gasteiger partial charge in [-0.1, -0.05) is 52.3 Å². The van der Waals surface area contributed by atoms with Gasteiger partial charge in [0.25, 0.3) is 0 Å². The number of cyclic esters (lactones) is 1. The van der Waals surface area contributed by atoms with Gasteiger partial charge >= 0.3 is 17.9 Å². The first-order valence-electron chi connectivity index (χ1n) is 25.9. The Morgan fingerprint density at radius 1 is 0.890 bits per heavy atom. The van der Waals surface area contributed by atoms with Gasteiger partial charge in [-0.2, -0.15) is 0 Å². The van der Waals surface area contributed by atoms with Gasteiger partial charge in [-0.05, 0) is 79.5 Å². The van der Waals surface area contributed by atoms with Crippen molar-refractivity contribution in [2.24, 2.45) is 29.6 Å². The van der Waals surface area contributed by atoms with Crippen molar-refractivity contribution in [3.05, 3.63) is 23.8 Å². The Morgan fingerprint density at radius 3 is 2.12 bits per heavy atom. The second kappa shape index (κ2) is 28.2. The molecule has 418 valence electrons. The molecule has 21 atom stereocenters. The maximum absolute atomic E-state index is 14.2.